The number of anilines is 1. The smallest absolute Gasteiger partial charge is 0.123 e. The SMILES string of the molecule is Cc1ccccc1N(C)CC(N)c1ccc(F)cc1. The van der Waals surface area contributed by atoms with Crippen molar-refractivity contribution in [3.05, 3.63) is 65.5 Å². The summed E-state index contributed by atoms with van der Waals surface area (Å²) in [5.41, 5.74) is 9.50. The monoisotopic (exact) mass is 258 g/mol. The first-order valence-corrected chi connectivity index (χ1v) is 6.36. The summed E-state index contributed by atoms with van der Waals surface area (Å²) in [5.74, 6) is -0.233. The third-order valence-corrected chi connectivity index (χ3v) is 3.30. The number of nitrogens with two attached hydrogens (primary N) is 1. The van der Waals surface area contributed by atoms with E-state index in [1.807, 2.05) is 19.2 Å². The van der Waals surface area contributed by atoms with Gasteiger partial charge >= 0.3 is 0 Å². The topological polar surface area (TPSA) is 29.3 Å². The van der Waals surface area contributed by atoms with Gasteiger partial charge in [-0.2, -0.15) is 0 Å². The molecule has 0 aliphatic carbocycles. The molecule has 2 N–H and O–H groups in total. The molecule has 0 radical (unpaired) electrons. The van der Waals surface area contributed by atoms with E-state index in [-0.39, 0.29) is 11.9 Å². The lowest BCUT2D eigenvalue weighted by molar-refractivity contribution is 0.624. The fraction of sp³-hybridized carbons (Fsp3) is 0.250. The quantitative estimate of drug-likeness (QED) is 0.912. The molecule has 0 aliphatic heterocycles. The molecule has 0 fully saturated rings. The van der Waals surface area contributed by atoms with Crippen LogP contribution in [0.15, 0.2) is 48.5 Å². The lowest BCUT2D eigenvalue weighted by atomic mass is 10.1. The Kier molecular flexibility index (Phi) is 4.17. The van der Waals surface area contributed by atoms with Gasteiger partial charge < -0.3 is 10.6 Å². The standard InChI is InChI=1S/C16H19FN2/c1-12-5-3-4-6-16(12)19(2)11-15(18)13-7-9-14(17)10-8-13/h3-10,15H,11,18H2,1-2H3. The van der Waals surface area contributed by atoms with Crippen molar-refractivity contribution in [1.29, 1.82) is 0 Å². The maximum absolute atomic E-state index is 12.9. The third-order valence-electron chi connectivity index (χ3n) is 3.30. The minimum Gasteiger partial charge on any atom is -0.372 e. The summed E-state index contributed by atoms with van der Waals surface area (Å²) in [6.07, 6.45) is 0. The van der Waals surface area contributed by atoms with Crippen LogP contribution in [-0.4, -0.2) is 13.6 Å². The summed E-state index contributed by atoms with van der Waals surface area (Å²) < 4.78 is 12.9. The second-order valence-electron chi connectivity index (χ2n) is 4.83. The Bertz CT molecular complexity index is 537. The van der Waals surface area contributed by atoms with Gasteiger partial charge in [-0.05, 0) is 36.2 Å². The Labute approximate surface area is 113 Å². The molecule has 0 bridgehead atoms. The fourth-order valence-electron chi connectivity index (χ4n) is 2.20. The molecule has 2 nitrogen and oxygen atoms in total. The number of hydrogen-bond donors (Lipinski definition) is 1. The summed E-state index contributed by atoms with van der Waals surface area (Å²) in [6, 6.07) is 14.4. The van der Waals surface area contributed by atoms with E-state index in [4.69, 9.17) is 5.73 Å². The van der Waals surface area contributed by atoms with Crippen LogP contribution in [0.5, 0.6) is 0 Å². The Morgan fingerprint density at radius 1 is 1.11 bits per heavy atom. The van der Waals surface area contributed by atoms with Crippen molar-refractivity contribution in [3.8, 4) is 0 Å². The minimum absolute atomic E-state index is 0.134. The minimum atomic E-state index is -0.233. The van der Waals surface area contributed by atoms with Crippen LogP contribution in [0.3, 0.4) is 0 Å². The zero-order chi connectivity index (χ0) is 13.8. The summed E-state index contributed by atoms with van der Waals surface area (Å²) in [4.78, 5) is 2.13. The molecule has 1 unspecified atom stereocenters. The average molecular weight is 258 g/mol. The number of likely N-dealkylation sites (N-methyl/N-ethyl adjacent to an activating group) is 1. The van der Waals surface area contributed by atoms with E-state index in [1.165, 1.54) is 23.4 Å². The van der Waals surface area contributed by atoms with Crippen molar-refractivity contribution in [2.45, 2.75) is 13.0 Å². The summed E-state index contributed by atoms with van der Waals surface area (Å²) in [7, 11) is 2.02. The molecular formula is C16H19FN2. The molecule has 2 aromatic carbocycles. The molecule has 0 amide bonds. The first kappa shape index (κ1) is 13.6. The molecule has 1 atom stereocenters. The highest BCUT2D eigenvalue weighted by molar-refractivity contribution is 5.52. The van der Waals surface area contributed by atoms with Crippen LogP contribution in [0.1, 0.15) is 17.2 Å². The van der Waals surface area contributed by atoms with Crippen molar-refractivity contribution < 1.29 is 4.39 Å². The predicted octanol–water partition coefficient (Wildman–Crippen LogP) is 3.27. The number of benzene rings is 2. The van der Waals surface area contributed by atoms with Crippen LogP contribution in [0, 0.1) is 12.7 Å². The fourth-order valence-corrected chi connectivity index (χ4v) is 2.20. The molecular weight excluding hydrogens is 239 g/mol. The highest BCUT2D eigenvalue weighted by atomic mass is 19.1. The van der Waals surface area contributed by atoms with Crippen LogP contribution >= 0.6 is 0 Å². The molecule has 100 valence electrons. The Hall–Kier alpha value is -1.87. The van der Waals surface area contributed by atoms with Crippen LogP contribution in [0.25, 0.3) is 0 Å². The molecule has 0 saturated heterocycles. The molecule has 2 aromatic rings. The van der Waals surface area contributed by atoms with E-state index < -0.39 is 0 Å². The van der Waals surface area contributed by atoms with E-state index in [1.54, 1.807) is 12.1 Å². The zero-order valence-corrected chi connectivity index (χ0v) is 11.3. The van der Waals surface area contributed by atoms with Crippen LogP contribution in [0.4, 0.5) is 10.1 Å². The maximum atomic E-state index is 12.9. The first-order valence-electron chi connectivity index (χ1n) is 6.36. The van der Waals surface area contributed by atoms with Crippen LogP contribution in [0.2, 0.25) is 0 Å². The Morgan fingerprint density at radius 3 is 2.37 bits per heavy atom. The number of hydrogen-bond acceptors (Lipinski definition) is 2. The molecule has 0 saturated carbocycles. The van der Waals surface area contributed by atoms with Gasteiger partial charge in [-0.1, -0.05) is 30.3 Å². The lowest BCUT2D eigenvalue weighted by Gasteiger charge is -2.25. The van der Waals surface area contributed by atoms with Crippen molar-refractivity contribution in [1.82, 2.24) is 0 Å². The summed E-state index contributed by atoms with van der Waals surface area (Å²) in [6.45, 7) is 2.77. The second kappa shape index (κ2) is 5.85. The number of aryl methyl sites for hydroxylation is 1. The van der Waals surface area contributed by atoms with Gasteiger partial charge in [-0.15, -0.1) is 0 Å². The van der Waals surface area contributed by atoms with Crippen molar-refractivity contribution in [2.24, 2.45) is 5.73 Å². The molecule has 0 spiro atoms. The molecule has 3 heteroatoms. The van der Waals surface area contributed by atoms with Gasteiger partial charge in [-0.3, -0.25) is 0 Å². The summed E-state index contributed by atoms with van der Waals surface area (Å²) in [5, 5.41) is 0. The molecule has 0 aromatic heterocycles. The third kappa shape index (κ3) is 3.32. The van der Waals surface area contributed by atoms with Gasteiger partial charge in [0, 0.05) is 25.3 Å². The van der Waals surface area contributed by atoms with Crippen molar-refractivity contribution >= 4 is 5.69 Å². The van der Waals surface area contributed by atoms with Gasteiger partial charge in [0.25, 0.3) is 0 Å². The van der Waals surface area contributed by atoms with E-state index in [9.17, 15) is 4.39 Å². The normalized spacial score (nSPS) is 12.2. The zero-order valence-electron chi connectivity index (χ0n) is 11.3. The van der Waals surface area contributed by atoms with Gasteiger partial charge in [0.05, 0.1) is 0 Å². The lowest BCUT2D eigenvalue weighted by Crippen LogP contribution is -2.29. The van der Waals surface area contributed by atoms with E-state index in [0.29, 0.717) is 6.54 Å². The largest absolute Gasteiger partial charge is 0.372 e. The molecule has 19 heavy (non-hydrogen) atoms. The van der Waals surface area contributed by atoms with Crippen LogP contribution in [-0.2, 0) is 0 Å². The highest BCUT2D eigenvalue weighted by Crippen LogP contribution is 2.20. The van der Waals surface area contributed by atoms with Gasteiger partial charge in [-0.25, -0.2) is 4.39 Å². The average Bonchev–Trinajstić information content (AvgIpc) is 2.39. The predicted molar refractivity (Wildman–Crippen MR) is 77.8 cm³/mol. The van der Waals surface area contributed by atoms with E-state index >= 15 is 0 Å². The number of nitrogens with zero attached hydrogens (tertiary/aromatic N) is 1. The van der Waals surface area contributed by atoms with E-state index in [0.717, 1.165) is 5.56 Å². The number of rotatable bonds is 4. The van der Waals surface area contributed by atoms with Crippen LogP contribution < -0.4 is 10.6 Å². The van der Waals surface area contributed by atoms with Gasteiger partial charge in [0.1, 0.15) is 5.82 Å². The summed E-state index contributed by atoms with van der Waals surface area (Å²) >= 11 is 0. The number of para-hydroxylation sites is 1. The second-order valence-corrected chi connectivity index (χ2v) is 4.83. The molecule has 0 heterocycles. The van der Waals surface area contributed by atoms with E-state index in [2.05, 4.69) is 24.0 Å². The maximum Gasteiger partial charge on any atom is 0.123 e. The number of halogens is 1. The van der Waals surface area contributed by atoms with Gasteiger partial charge in [0.2, 0.25) is 0 Å². The molecule has 2 rings (SSSR count). The Morgan fingerprint density at radius 2 is 1.74 bits per heavy atom. The first-order chi connectivity index (χ1) is 9.08. The van der Waals surface area contributed by atoms with Gasteiger partial charge in [0.15, 0.2) is 0 Å². The highest BCUT2D eigenvalue weighted by Gasteiger charge is 2.11. The van der Waals surface area contributed by atoms with Crippen molar-refractivity contribution in [3.63, 3.8) is 0 Å². The van der Waals surface area contributed by atoms with Crippen molar-refractivity contribution in [2.75, 3.05) is 18.5 Å². The molecule has 0 aliphatic rings. The Balaban J connectivity index is 2.08.